The number of esters is 1. The molecule has 1 aromatic rings. The number of methoxy groups -OCH3 is 1. The second kappa shape index (κ2) is 4.61. The Hall–Kier alpha value is -1.42. The summed E-state index contributed by atoms with van der Waals surface area (Å²) in [5, 5.41) is 3.18. The molecule has 0 spiro atoms. The first-order valence-electron chi connectivity index (χ1n) is 5.30. The highest BCUT2D eigenvalue weighted by atomic mass is 19.1. The van der Waals surface area contributed by atoms with Crippen LogP contribution in [0.2, 0.25) is 0 Å². The highest BCUT2D eigenvalue weighted by molar-refractivity contribution is 5.76. The van der Waals surface area contributed by atoms with E-state index in [4.69, 9.17) is 0 Å². The molecular weight excluding hydrogens is 209 g/mol. The van der Waals surface area contributed by atoms with E-state index in [-0.39, 0.29) is 23.9 Å². The second-order valence-electron chi connectivity index (χ2n) is 3.92. The maximum absolute atomic E-state index is 12.7. The highest BCUT2D eigenvalue weighted by Crippen LogP contribution is 2.26. The molecule has 1 N–H and O–H groups in total. The molecule has 3 nitrogen and oxygen atoms in total. The maximum Gasteiger partial charge on any atom is 0.322 e. The maximum atomic E-state index is 12.7. The van der Waals surface area contributed by atoms with Crippen LogP contribution in [-0.4, -0.2) is 19.1 Å². The molecule has 0 aliphatic carbocycles. The molecule has 86 valence electrons. The molecular formula is C12H14FNO2. The van der Waals surface area contributed by atoms with E-state index in [9.17, 15) is 9.18 Å². The van der Waals surface area contributed by atoms with E-state index in [1.54, 1.807) is 12.1 Å². The van der Waals surface area contributed by atoms with Crippen molar-refractivity contribution in [1.82, 2.24) is 5.32 Å². The summed E-state index contributed by atoms with van der Waals surface area (Å²) in [6, 6.07) is 6.23. The topological polar surface area (TPSA) is 38.3 Å². The second-order valence-corrected chi connectivity index (χ2v) is 3.92. The fourth-order valence-electron chi connectivity index (χ4n) is 2.03. The van der Waals surface area contributed by atoms with E-state index in [2.05, 4.69) is 10.1 Å². The summed E-state index contributed by atoms with van der Waals surface area (Å²) in [5.41, 5.74) is 1.01. The zero-order valence-electron chi connectivity index (χ0n) is 9.07. The van der Waals surface area contributed by atoms with Crippen LogP contribution in [0.15, 0.2) is 24.3 Å². The van der Waals surface area contributed by atoms with Crippen molar-refractivity contribution in [2.75, 3.05) is 7.11 Å². The van der Waals surface area contributed by atoms with Crippen molar-refractivity contribution in [3.05, 3.63) is 35.6 Å². The number of hydrogen-bond donors (Lipinski definition) is 1. The van der Waals surface area contributed by atoms with Gasteiger partial charge in [-0.15, -0.1) is 0 Å². The molecule has 0 radical (unpaired) electrons. The zero-order valence-corrected chi connectivity index (χ0v) is 9.07. The van der Waals surface area contributed by atoms with E-state index >= 15 is 0 Å². The van der Waals surface area contributed by atoms with Crippen LogP contribution in [0.4, 0.5) is 4.39 Å². The lowest BCUT2D eigenvalue weighted by atomic mass is 10.1. The molecule has 1 aromatic carbocycles. The summed E-state index contributed by atoms with van der Waals surface area (Å²) in [6.07, 6.45) is 1.63. The van der Waals surface area contributed by atoms with Gasteiger partial charge in [0.15, 0.2) is 0 Å². The number of carbonyl (C=O) groups excluding carboxylic acids is 1. The van der Waals surface area contributed by atoms with Crippen molar-refractivity contribution in [3.8, 4) is 0 Å². The number of hydrogen-bond acceptors (Lipinski definition) is 3. The largest absolute Gasteiger partial charge is 0.468 e. The Morgan fingerprint density at radius 2 is 2.06 bits per heavy atom. The molecule has 1 saturated heterocycles. The highest BCUT2D eigenvalue weighted by Gasteiger charge is 2.30. The van der Waals surface area contributed by atoms with Crippen LogP contribution in [0, 0.1) is 5.82 Å². The minimum atomic E-state index is -0.244. The van der Waals surface area contributed by atoms with Crippen molar-refractivity contribution in [3.63, 3.8) is 0 Å². The van der Waals surface area contributed by atoms with Gasteiger partial charge >= 0.3 is 5.97 Å². The third kappa shape index (κ3) is 2.22. The minimum Gasteiger partial charge on any atom is -0.468 e. The summed E-state index contributed by atoms with van der Waals surface area (Å²) in [5.74, 6) is -0.476. The van der Waals surface area contributed by atoms with Crippen LogP contribution in [0.3, 0.4) is 0 Å². The molecule has 16 heavy (non-hydrogen) atoms. The van der Waals surface area contributed by atoms with Gasteiger partial charge in [-0.3, -0.25) is 10.1 Å². The first-order chi connectivity index (χ1) is 7.70. The number of rotatable bonds is 2. The monoisotopic (exact) mass is 223 g/mol. The smallest absolute Gasteiger partial charge is 0.322 e. The van der Waals surface area contributed by atoms with Gasteiger partial charge in [-0.2, -0.15) is 0 Å². The summed E-state index contributed by atoms with van der Waals surface area (Å²) in [4.78, 5) is 11.3. The van der Waals surface area contributed by atoms with Crippen LogP contribution in [0.5, 0.6) is 0 Å². The average Bonchev–Trinajstić information content (AvgIpc) is 2.78. The van der Waals surface area contributed by atoms with E-state index in [1.807, 2.05) is 0 Å². The summed E-state index contributed by atoms with van der Waals surface area (Å²) in [7, 11) is 1.38. The number of carbonyl (C=O) groups is 1. The van der Waals surface area contributed by atoms with Gasteiger partial charge in [0.1, 0.15) is 11.9 Å². The van der Waals surface area contributed by atoms with E-state index in [0.29, 0.717) is 0 Å². The molecule has 0 unspecified atom stereocenters. The Bertz CT molecular complexity index is 377. The van der Waals surface area contributed by atoms with E-state index in [1.165, 1.54) is 19.2 Å². The number of nitrogens with one attached hydrogen (secondary N) is 1. The first kappa shape index (κ1) is 11.1. The van der Waals surface area contributed by atoms with Crippen LogP contribution in [0.25, 0.3) is 0 Å². The van der Waals surface area contributed by atoms with E-state index < -0.39 is 0 Å². The lowest BCUT2D eigenvalue weighted by molar-refractivity contribution is -0.142. The number of halogens is 1. The van der Waals surface area contributed by atoms with Gasteiger partial charge in [-0.05, 0) is 30.5 Å². The number of benzene rings is 1. The van der Waals surface area contributed by atoms with Gasteiger partial charge < -0.3 is 4.74 Å². The van der Waals surface area contributed by atoms with Gasteiger partial charge in [0.2, 0.25) is 0 Å². The zero-order chi connectivity index (χ0) is 11.5. The van der Waals surface area contributed by atoms with E-state index in [0.717, 1.165) is 18.4 Å². The Balaban J connectivity index is 2.03. The lowest BCUT2D eigenvalue weighted by Crippen LogP contribution is -2.33. The summed E-state index contributed by atoms with van der Waals surface area (Å²) < 4.78 is 17.4. The summed E-state index contributed by atoms with van der Waals surface area (Å²) >= 11 is 0. The van der Waals surface area contributed by atoms with Gasteiger partial charge in [0, 0.05) is 6.04 Å². The molecule has 2 atom stereocenters. The molecule has 4 heteroatoms. The third-order valence-electron chi connectivity index (χ3n) is 2.90. The fourth-order valence-corrected chi connectivity index (χ4v) is 2.03. The van der Waals surface area contributed by atoms with Crippen LogP contribution >= 0.6 is 0 Å². The molecule has 0 bridgehead atoms. The molecule has 1 fully saturated rings. The van der Waals surface area contributed by atoms with Gasteiger partial charge in [-0.25, -0.2) is 4.39 Å². The molecule has 0 aromatic heterocycles. The molecule has 0 amide bonds. The fraction of sp³-hybridized carbons (Fsp3) is 0.417. The Morgan fingerprint density at radius 3 is 2.69 bits per heavy atom. The average molecular weight is 223 g/mol. The van der Waals surface area contributed by atoms with Crippen molar-refractivity contribution < 1.29 is 13.9 Å². The summed E-state index contributed by atoms with van der Waals surface area (Å²) in [6.45, 7) is 0. The van der Waals surface area contributed by atoms with Gasteiger partial charge in [0.25, 0.3) is 0 Å². The minimum absolute atomic E-state index is 0.115. The standard InChI is InChI=1S/C12H14FNO2/c1-16-12(15)11-7-6-10(14-11)8-2-4-9(13)5-3-8/h2-5,10-11,14H,6-7H2,1H3/t10-,11-/m1/s1. The third-order valence-corrected chi connectivity index (χ3v) is 2.90. The normalized spacial score (nSPS) is 24.4. The Labute approximate surface area is 93.6 Å². The molecule has 2 rings (SSSR count). The SMILES string of the molecule is COC(=O)[C@H]1CC[C@H](c2ccc(F)cc2)N1. The van der Waals surface area contributed by atoms with Crippen LogP contribution < -0.4 is 5.32 Å². The van der Waals surface area contributed by atoms with Crippen molar-refractivity contribution >= 4 is 5.97 Å². The molecule has 1 aliphatic heterocycles. The van der Waals surface area contributed by atoms with Crippen LogP contribution in [-0.2, 0) is 9.53 Å². The van der Waals surface area contributed by atoms with Crippen molar-refractivity contribution in [2.45, 2.75) is 24.9 Å². The number of ether oxygens (including phenoxy) is 1. The molecule has 1 aliphatic rings. The van der Waals surface area contributed by atoms with Gasteiger partial charge in [-0.1, -0.05) is 12.1 Å². The molecule has 1 heterocycles. The van der Waals surface area contributed by atoms with Crippen molar-refractivity contribution in [1.29, 1.82) is 0 Å². The Morgan fingerprint density at radius 1 is 1.38 bits per heavy atom. The predicted molar refractivity (Wildman–Crippen MR) is 57.3 cm³/mol. The van der Waals surface area contributed by atoms with Crippen molar-refractivity contribution in [2.24, 2.45) is 0 Å². The Kier molecular flexibility index (Phi) is 3.19. The predicted octanol–water partition coefficient (Wildman–Crippen LogP) is 1.79. The lowest BCUT2D eigenvalue weighted by Gasteiger charge is -2.13. The first-order valence-corrected chi connectivity index (χ1v) is 5.30. The van der Waals surface area contributed by atoms with Crippen LogP contribution in [0.1, 0.15) is 24.4 Å². The van der Waals surface area contributed by atoms with Gasteiger partial charge in [0.05, 0.1) is 7.11 Å². The quantitative estimate of drug-likeness (QED) is 0.777. The molecule has 0 saturated carbocycles.